The van der Waals surface area contributed by atoms with Crippen molar-refractivity contribution in [1.82, 2.24) is 10.2 Å². The molecule has 6 nitrogen and oxygen atoms in total. The van der Waals surface area contributed by atoms with Crippen LogP contribution >= 0.6 is 0 Å². The van der Waals surface area contributed by atoms with Gasteiger partial charge in [-0.15, -0.1) is 0 Å². The molecule has 1 aromatic rings. The average molecular weight is 348 g/mol. The maximum atomic E-state index is 12.1. The molecule has 1 aliphatic rings. The zero-order valence-electron chi connectivity index (χ0n) is 14.8. The van der Waals surface area contributed by atoms with Crippen molar-refractivity contribution in [3.8, 4) is 0 Å². The first kappa shape index (κ1) is 19.2. The summed E-state index contributed by atoms with van der Waals surface area (Å²) in [6.07, 6.45) is 4.24. The molecule has 25 heavy (non-hydrogen) atoms. The Hall–Kier alpha value is -2.08. The summed E-state index contributed by atoms with van der Waals surface area (Å²) in [5, 5.41) is 12.2. The molecular formula is C19H28N2O4. The predicted octanol–water partition coefficient (Wildman–Crippen LogP) is 3.02. The van der Waals surface area contributed by atoms with Crippen molar-refractivity contribution in [2.45, 2.75) is 57.7 Å². The number of hydrogen-bond donors (Lipinski definition) is 2. The summed E-state index contributed by atoms with van der Waals surface area (Å²) < 4.78 is 5.19. The van der Waals surface area contributed by atoms with Gasteiger partial charge in [0.2, 0.25) is 0 Å². The Bertz CT molecular complexity index is 544. The Morgan fingerprint density at radius 2 is 1.88 bits per heavy atom. The van der Waals surface area contributed by atoms with Crippen LogP contribution in [0.2, 0.25) is 0 Å². The fraction of sp³-hybridized carbons (Fsp3) is 0.579. The molecule has 0 radical (unpaired) electrons. The molecule has 0 saturated carbocycles. The number of carboxylic acids is 1. The lowest BCUT2D eigenvalue weighted by atomic mass is 9.98. The van der Waals surface area contributed by atoms with Crippen LogP contribution in [-0.2, 0) is 16.1 Å². The third-order valence-electron chi connectivity index (χ3n) is 4.58. The van der Waals surface area contributed by atoms with Gasteiger partial charge in [0, 0.05) is 6.04 Å². The molecule has 2 N–H and O–H groups in total. The summed E-state index contributed by atoms with van der Waals surface area (Å²) in [7, 11) is 0. The molecule has 0 aliphatic carbocycles. The Morgan fingerprint density at radius 3 is 2.48 bits per heavy atom. The highest BCUT2D eigenvalue weighted by molar-refractivity contribution is 5.80. The van der Waals surface area contributed by atoms with Gasteiger partial charge in [-0.2, -0.15) is 0 Å². The third-order valence-corrected chi connectivity index (χ3v) is 4.58. The quantitative estimate of drug-likeness (QED) is 0.755. The van der Waals surface area contributed by atoms with Crippen LogP contribution in [0.5, 0.6) is 0 Å². The van der Waals surface area contributed by atoms with E-state index in [0.29, 0.717) is 0 Å². The van der Waals surface area contributed by atoms with E-state index in [9.17, 15) is 14.7 Å². The molecule has 138 valence electrons. The van der Waals surface area contributed by atoms with Crippen molar-refractivity contribution in [2.24, 2.45) is 0 Å². The zero-order chi connectivity index (χ0) is 18.1. The molecular weight excluding hydrogens is 320 g/mol. The maximum Gasteiger partial charge on any atom is 0.408 e. The summed E-state index contributed by atoms with van der Waals surface area (Å²) in [6.45, 7) is 3.93. The summed E-state index contributed by atoms with van der Waals surface area (Å²) in [5.41, 5.74) is 0.866. The van der Waals surface area contributed by atoms with Crippen LogP contribution in [0.1, 0.15) is 44.6 Å². The molecule has 1 heterocycles. The normalized spacial score (nSPS) is 17.5. The van der Waals surface area contributed by atoms with Crippen LogP contribution < -0.4 is 5.32 Å². The van der Waals surface area contributed by atoms with Gasteiger partial charge in [-0.05, 0) is 37.9 Å². The zero-order valence-corrected chi connectivity index (χ0v) is 14.8. The van der Waals surface area contributed by atoms with Gasteiger partial charge in [0.1, 0.15) is 12.6 Å². The smallest absolute Gasteiger partial charge is 0.408 e. The SMILES string of the molecule is CCC[C@H]([C@H](NC(=O)OCc1ccccc1)C(=O)O)N1CCCCC1. The van der Waals surface area contributed by atoms with Crippen LogP contribution in [-0.4, -0.2) is 47.2 Å². The van der Waals surface area contributed by atoms with E-state index in [1.807, 2.05) is 37.3 Å². The molecule has 1 amide bonds. The van der Waals surface area contributed by atoms with Gasteiger partial charge < -0.3 is 15.2 Å². The minimum absolute atomic E-state index is 0.126. The molecule has 0 bridgehead atoms. The van der Waals surface area contributed by atoms with E-state index in [1.165, 1.54) is 6.42 Å². The van der Waals surface area contributed by atoms with E-state index >= 15 is 0 Å². The van der Waals surface area contributed by atoms with E-state index in [0.717, 1.165) is 44.3 Å². The molecule has 0 spiro atoms. The van der Waals surface area contributed by atoms with Crippen molar-refractivity contribution in [3.63, 3.8) is 0 Å². The lowest BCUT2D eigenvalue weighted by molar-refractivity contribution is -0.141. The number of aliphatic carboxylic acids is 1. The third kappa shape index (κ3) is 6.05. The maximum absolute atomic E-state index is 12.1. The fourth-order valence-corrected chi connectivity index (χ4v) is 3.32. The number of carbonyl (C=O) groups excluding carboxylic acids is 1. The Balaban J connectivity index is 1.96. The van der Waals surface area contributed by atoms with Gasteiger partial charge in [0.25, 0.3) is 0 Å². The van der Waals surface area contributed by atoms with Crippen LogP contribution in [0.15, 0.2) is 30.3 Å². The van der Waals surface area contributed by atoms with E-state index in [-0.39, 0.29) is 12.6 Å². The number of likely N-dealkylation sites (tertiary alicyclic amines) is 1. The molecule has 2 atom stereocenters. The second-order valence-electron chi connectivity index (χ2n) is 6.47. The van der Waals surface area contributed by atoms with Crippen molar-refractivity contribution in [1.29, 1.82) is 0 Å². The molecule has 1 saturated heterocycles. The Labute approximate surface area is 149 Å². The molecule has 2 rings (SSSR count). The van der Waals surface area contributed by atoms with Gasteiger partial charge >= 0.3 is 12.1 Å². The van der Waals surface area contributed by atoms with Crippen molar-refractivity contribution in [2.75, 3.05) is 13.1 Å². The lowest BCUT2D eigenvalue weighted by Crippen LogP contribution is -2.56. The number of carbonyl (C=O) groups is 2. The van der Waals surface area contributed by atoms with Gasteiger partial charge in [0.15, 0.2) is 0 Å². The van der Waals surface area contributed by atoms with Gasteiger partial charge in [-0.3, -0.25) is 4.90 Å². The number of benzene rings is 1. The summed E-state index contributed by atoms with van der Waals surface area (Å²) in [4.78, 5) is 26.1. The topological polar surface area (TPSA) is 78.9 Å². The minimum atomic E-state index is -1.01. The highest BCUT2D eigenvalue weighted by atomic mass is 16.5. The first-order valence-corrected chi connectivity index (χ1v) is 9.06. The van der Waals surface area contributed by atoms with E-state index in [2.05, 4.69) is 10.2 Å². The highest BCUT2D eigenvalue weighted by Crippen LogP contribution is 2.18. The first-order valence-electron chi connectivity index (χ1n) is 9.06. The van der Waals surface area contributed by atoms with Crippen LogP contribution in [0, 0.1) is 0 Å². The van der Waals surface area contributed by atoms with Gasteiger partial charge in [0.05, 0.1) is 0 Å². The molecule has 0 aromatic heterocycles. The monoisotopic (exact) mass is 348 g/mol. The van der Waals surface area contributed by atoms with E-state index < -0.39 is 18.1 Å². The number of nitrogens with one attached hydrogen (secondary N) is 1. The number of piperidine rings is 1. The second-order valence-corrected chi connectivity index (χ2v) is 6.47. The highest BCUT2D eigenvalue weighted by Gasteiger charge is 2.34. The van der Waals surface area contributed by atoms with Crippen molar-refractivity contribution >= 4 is 12.1 Å². The molecule has 1 aliphatic heterocycles. The van der Waals surface area contributed by atoms with Gasteiger partial charge in [-0.1, -0.05) is 50.1 Å². The van der Waals surface area contributed by atoms with Gasteiger partial charge in [-0.25, -0.2) is 9.59 Å². The number of nitrogens with zero attached hydrogens (tertiary/aromatic N) is 1. The van der Waals surface area contributed by atoms with Crippen molar-refractivity contribution < 1.29 is 19.4 Å². The summed E-state index contributed by atoms with van der Waals surface area (Å²) in [6, 6.07) is 8.17. The number of ether oxygens (including phenoxy) is 1. The average Bonchev–Trinajstić information content (AvgIpc) is 2.64. The molecule has 6 heteroatoms. The summed E-state index contributed by atoms with van der Waals surface area (Å²) >= 11 is 0. The number of hydrogen-bond acceptors (Lipinski definition) is 4. The standard InChI is InChI=1S/C19H28N2O4/c1-2-9-16(21-12-7-4-8-13-21)17(18(22)23)20-19(24)25-14-15-10-5-3-6-11-15/h3,5-6,10-11,16-17H,2,4,7-9,12-14H2,1H3,(H,20,24)(H,22,23)/t16-,17+/m1/s1. The summed E-state index contributed by atoms with van der Waals surface area (Å²) in [5.74, 6) is -1.01. The number of carboxylic acid groups (broad SMARTS) is 1. The largest absolute Gasteiger partial charge is 0.480 e. The minimum Gasteiger partial charge on any atom is -0.480 e. The molecule has 0 unspecified atom stereocenters. The van der Waals surface area contributed by atoms with Crippen molar-refractivity contribution in [3.05, 3.63) is 35.9 Å². The van der Waals surface area contributed by atoms with Crippen LogP contribution in [0.3, 0.4) is 0 Å². The lowest BCUT2D eigenvalue weighted by Gasteiger charge is -2.37. The van der Waals surface area contributed by atoms with Crippen LogP contribution in [0.25, 0.3) is 0 Å². The Kier molecular flexibility index (Phi) is 7.73. The van der Waals surface area contributed by atoms with E-state index in [1.54, 1.807) is 0 Å². The fourth-order valence-electron chi connectivity index (χ4n) is 3.32. The molecule has 1 aromatic carbocycles. The number of rotatable bonds is 8. The predicted molar refractivity (Wildman–Crippen MR) is 95.3 cm³/mol. The molecule has 1 fully saturated rings. The number of amides is 1. The van der Waals surface area contributed by atoms with Crippen LogP contribution in [0.4, 0.5) is 4.79 Å². The number of alkyl carbamates (subject to hydrolysis) is 1. The van der Waals surface area contributed by atoms with E-state index in [4.69, 9.17) is 4.74 Å². The first-order chi connectivity index (χ1) is 12.1. The Morgan fingerprint density at radius 1 is 1.20 bits per heavy atom. The second kappa shape index (κ2) is 10.0.